The van der Waals surface area contributed by atoms with Crippen LogP contribution in [0.25, 0.3) is 0 Å². The fraction of sp³-hybridized carbons (Fsp3) is 0.211. The molecule has 1 unspecified atom stereocenters. The fourth-order valence-corrected chi connectivity index (χ4v) is 3.00. The minimum atomic E-state index is -1.50. The first kappa shape index (κ1) is 19.0. The highest BCUT2D eigenvalue weighted by Crippen LogP contribution is 2.31. The van der Waals surface area contributed by atoms with E-state index < -0.39 is 34.7 Å². The van der Waals surface area contributed by atoms with Crippen molar-refractivity contribution in [2.24, 2.45) is 0 Å². The van der Waals surface area contributed by atoms with E-state index in [9.17, 15) is 24.5 Å². The minimum Gasteiger partial charge on any atom is -0.497 e. The number of nitro benzene ring substituents is 1. The summed E-state index contributed by atoms with van der Waals surface area (Å²) in [4.78, 5) is 49.0. The maximum atomic E-state index is 12.9. The number of rotatable bonds is 6. The van der Waals surface area contributed by atoms with Crippen molar-refractivity contribution in [3.05, 3.63) is 69.8 Å². The second-order valence-corrected chi connectivity index (χ2v) is 6.41. The van der Waals surface area contributed by atoms with Crippen molar-refractivity contribution in [2.45, 2.75) is 12.5 Å². The van der Waals surface area contributed by atoms with Crippen LogP contribution >= 0.6 is 0 Å². The summed E-state index contributed by atoms with van der Waals surface area (Å²) in [6.45, 7) is 0.991. The SMILES string of the molecule is COc1cccc(C(=O)CN2C(=O)NC(C)(c3cccc([N+](=O)[O-])c3)C2=O)c1. The van der Waals surface area contributed by atoms with Gasteiger partial charge in [0.25, 0.3) is 11.6 Å². The van der Waals surface area contributed by atoms with Crippen molar-refractivity contribution in [3.8, 4) is 5.75 Å². The number of non-ortho nitro benzene ring substituents is 1. The topological polar surface area (TPSA) is 119 Å². The summed E-state index contributed by atoms with van der Waals surface area (Å²) < 4.78 is 5.07. The molecule has 144 valence electrons. The van der Waals surface area contributed by atoms with Crippen LogP contribution in [-0.2, 0) is 10.3 Å². The van der Waals surface area contributed by atoms with E-state index in [4.69, 9.17) is 4.74 Å². The van der Waals surface area contributed by atoms with Gasteiger partial charge in [0, 0.05) is 17.7 Å². The molecule has 2 aromatic carbocycles. The second-order valence-electron chi connectivity index (χ2n) is 6.41. The number of carbonyl (C=O) groups is 3. The standard InChI is InChI=1S/C19H17N3O6/c1-19(13-6-4-7-14(10-13)22(26)27)17(24)21(18(25)20-19)11-16(23)12-5-3-8-15(9-12)28-2/h3-10H,11H2,1-2H3,(H,20,25). The van der Waals surface area contributed by atoms with Crippen LogP contribution in [0.1, 0.15) is 22.8 Å². The predicted molar refractivity (Wildman–Crippen MR) is 98.0 cm³/mol. The van der Waals surface area contributed by atoms with Crippen LogP contribution in [0, 0.1) is 10.1 Å². The molecule has 1 saturated heterocycles. The first-order valence-corrected chi connectivity index (χ1v) is 8.32. The number of benzene rings is 2. The van der Waals surface area contributed by atoms with Crippen LogP contribution < -0.4 is 10.1 Å². The van der Waals surface area contributed by atoms with Gasteiger partial charge in [-0.15, -0.1) is 0 Å². The Morgan fingerprint density at radius 3 is 2.61 bits per heavy atom. The molecule has 0 saturated carbocycles. The third-order valence-electron chi connectivity index (χ3n) is 4.60. The Hall–Kier alpha value is -3.75. The number of hydrogen-bond donors (Lipinski definition) is 1. The number of Topliss-reactive ketones (excluding diaryl/α,β-unsaturated/α-hetero) is 1. The summed E-state index contributed by atoms with van der Waals surface area (Å²) in [5, 5.41) is 13.5. The lowest BCUT2D eigenvalue weighted by molar-refractivity contribution is -0.385. The average molecular weight is 383 g/mol. The van der Waals surface area contributed by atoms with Crippen LogP contribution in [-0.4, -0.2) is 41.2 Å². The number of carbonyl (C=O) groups excluding carboxylic acids is 3. The van der Waals surface area contributed by atoms with Gasteiger partial charge in [0.1, 0.15) is 11.3 Å². The normalized spacial score (nSPS) is 18.7. The van der Waals surface area contributed by atoms with Gasteiger partial charge in [-0.25, -0.2) is 4.79 Å². The van der Waals surface area contributed by atoms with Gasteiger partial charge in [-0.1, -0.05) is 24.3 Å². The van der Waals surface area contributed by atoms with E-state index in [-0.39, 0.29) is 11.3 Å². The Morgan fingerprint density at radius 1 is 1.21 bits per heavy atom. The Morgan fingerprint density at radius 2 is 1.93 bits per heavy atom. The van der Waals surface area contributed by atoms with Crippen molar-refractivity contribution in [3.63, 3.8) is 0 Å². The first-order valence-electron chi connectivity index (χ1n) is 8.32. The maximum Gasteiger partial charge on any atom is 0.325 e. The molecule has 1 heterocycles. The molecule has 3 amide bonds. The molecular weight excluding hydrogens is 366 g/mol. The van der Waals surface area contributed by atoms with Crippen molar-refractivity contribution in [2.75, 3.05) is 13.7 Å². The fourth-order valence-electron chi connectivity index (χ4n) is 3.00. The highest BCUT2D eigenvalue weighted by atomic mass is 16.6. The highest BCUT2D eigenvalue weighted by Gasteiger charge is 2.49. The molecule has 9 nitrogen and oxygen atoms in total. The van der Waals surface area contributed by atoms with Crippen LogP contribution in [0.4, 0.5) is 10.5 Å². The van der Waals surface area contributed by atoms with Gasteiger partial charge in [0.05, 0.1) is 18.6 Å². The molecule has 1 aliphatic heterocycles. The zero-order valence-corrected chi connectivity index (χ0v) is 15.2. The lowest BCUT2D eigenvalue weighted by Gasteiger charge is -2.22. The number of urea groups is 1. The molecule has 1 fully saturated rings. The van der Waals surface area contributed by atoms with Gasteiger partial charge in [0.15, 0.2) is 5.78 Å². The molecule has 28 heavy (non-hydrogen) atoms. The van der Waals surface area contributed by atoms with Crippen molar-refractivity contribution >= 4 is 23.4 Å². The van der Waals surface area contributed by atoms with Gasteiger partial charge in [-0.3, -0.25) is 24.6 Å². The monoisotopic (exact) mass is 383 g/mol. The molecule has 0 spiro atoms. The third-order valence-corrected chi connectivity index (χ3v) is 4.60. The predicted octanol–water partition coefficient (Wildman–Crippen LogP) is 2.25. The third kappa shape index (κ3) is 3.29. The molecule has 1 N–H and O–H groups in total. The van der Waals surface area contributed by atoms with E-state index in [1.165, 1.54) is 44.4 Å². The number of nitrogens with zero attached hydrogens (tertiary/aromatic N) is 2. The summed E-state index contributed by atoms with van der Waals surface area (Å²) in [5.41, 5.74) is -1.15. The van der Waals surface area contributed by atoms with Gasteiger partial charge in [-0.05, 0) is 24.6 Å². The van der Waals surface area contributed by atoms with Gasteiger partial charge >= 0.3 is 6.03 Å². The maximum absolute atomic E-state index is 12.9. The summed E-state index contributed by atoms with van der Waals surface area (Å²) in [7, 11) is 1.46. The largest absolute Gasteiger partial charge is 0.497 e. The number of hydrogen-bond acceptors (Lipinski definition) is 6. The number of nitro groups is 1. The Kier molecular flexibility index (Phi) is 4.83. The quantitative estimate of drug-likeness (QED) is 0.354. The second kappa shape index (κ2) is 7.10. The van der Waals surface area contributed by atoms with E-state index in [0.29, 0.717) is 11.3 Å². The Balaban J connectivity index is 1.86. The molecule has 0 radical (unpaired) electrons. The molecule has 2 aromatic rings. The lowest BCUT2D eigenvalue weighted by atomic mass is 9.91. The van der Waals surface area contributed by atoms with Gasteiger partial charge in [0.2, 0.25) is 0 Å². The van der Waals surface area contributed by atoms with E-state index >= 15 is 0 Å². The Bertz CT molecular complexity index is 989. The van der Waals surface area contributed by atoms with Crippen LogP contribution in [0.15, 0.2) is 48.5 Å². The van der Waals surface area contributed by atoms with Crippen LogP contribution in [0.3, 0.4) is 0 Å². The average Bonchev–Trinajstić information content (AvgIpc) is 2.92. The molecular formula is C19H17N3O6. The lowest BCUT2D eigenvalue weighted by Crippen LogP contribution is -2.41. The number of imide groups is 1. The molecule has 9 heteroatoms. The van der Waals surface area contributed by atoms with Gasteiger partial charge < -0.3 is 10.1 Å². The molecule has 3 rings (SSSR count). The summed E-state index contributed by atoms with van der Waals surface area (Å²) >= 11 is 0. The van der Waals surface area contributed by atoms with Crippen molar-refractivity contribution in [1.29, 1.82) is 0 Å². The number of ether oxygens (including phenoxy) is 1. The summed E-state index contributed by atoms with van der Waals surface area (Å²) in [6.07, 6.45) is 0. The number of methoxy groups -OCH3 is 1. The summed E-state index contributed by atoms with van der Waals surface area (Å²) in [6, 6.07) is 11.1. The molecule has 0 bridgehead atoms. The number of nitrogens with one attached hydrogen (secondary N) is 1. The van der Waals surface area contributed by atoms with Gasteiger partial charge in [-0.2, -0.15) is 0 Å². The van der Waals surface area contributed by atoms with Crippen LogP contribution in [0.5, 0.6) is 5.75 Å². The highest BCUT2D eigenvalue weighted by molar-refractivity contribution is 6.11. The molecule has 1 atom stereocenters. The smallest absolute Gasteiger partial charge is 0.325 e. The van der Waals surface area contributed by atoms with E-state index in [1.807, 2.05) is 0 Å². The van der Waals surface area contributed by atoms with E-state index in [1.54, 1.807) is 18.2 Å². The van der Waals surface area contributed by atoms with Crippen LogP contribution in [0.2, 0.25) is 0 Å². The number of ketones is 1. The van der Waals surface area contributed by atoms with Crippen molar-refractivity contribution in [1.82, 2.24) is 10.2 Å². The van der Waals surface area contributed by atoms with E-state index in [0.717, 1.165) is 4.90 Å². The molecule has 0 aliphatic carbocycles. The number of amides is 3. The zero-order valence-electron chi connectivity index (χ0n) is 15.2. The summed E-state index contributed by atoms with van der Waals surface area (Å²) in [5.74, 6) is -0.621. The first-order chi connectivity index (χ1) is 13.3. The molecule has 0 aromatic heterocycles. The minimum absolute atomic E-state index is 0.202. The van der Waals surface area contributed by atoms with E-state index in [2.05, 4.69) is 5.32 Å². The Labute approximate surface area is 160 Å². The zero-order chi connectivity index (χ0) is 20.5. The molecule has 1 aliphatic rings. The van der Waals surface area contributed by atoms with Crippen molar-refractivity contribution < 1.29 is 24.0 Å².